The Balaban J connectivity index is 2.20. The molecule has 2 rings (SSSR count). The zero-order valence-corrected chi connectivity index (χ0v) is 10.9. The molecular formula is C14H22N2O. The van der Waals surface area contributed by atoms with Gasteiger partial charge in [-0.25, -0.2) is 4.90 Å². The normalized spacial score (nSPS) is 28.5. The predicted molar refractivity (Wildman–Crippen MR) is 65.8 cm³/mol. The van der Waals surface area contributed by atoms with Gasteiger partial charge in [0.25, 0.3) is 0 Å². The molecule has 0 aromatic carbocycles. The topological polar surface area (TPSA) is 44.1 Å². The standard InChI is InChI=1S/C14H22N2O/c1-11(2)12-8-14(6-4-3-5-7-14)9-13(17)16(12)10-15/h11-12H,3-9H2,1-2H3. The number of piperidine rings is 1. The van der Waals surface area contributed by atoms with Crippen LogP contribution >= 0.6 is 0 Å². The van der Waals surface area contributed by atoms with Crippen LogP contribution in [-0.4, -0.2) is 16.8 Å². The molecule has 1 atom stereocenters. The van der Waals surface area contributed by atoms with E-state index in [1.54, 1.807) is 0 Å². The van der Waals surface area contributed by atoms with Gasteiger partial charge < -0.3 is 0 Å². The summed E-state index contributed by atoms with van der Waals surface area (Å²) in [4.78, 5) is 13.6. The first-order chi connectivity index (χ1) is 8.08. The van der Waals surface area contributed by atoms with Gasteiger partial charge in [-0.3, -0.25) is 4.79 Å². The molecule has 1 heterocycles. The minimum atomic E-state index is 0.0550. The molecular weight excluding hydrogens is 212 g/mol. The molecule has 1 unspecified atom stereocenters. The molecule has 0 bridgehead atoms. The summed E-state index contributed by atoms with van der Waals surface area (Å²) in [5.74, 6) is 0.428. The second-order valence-corrected chi connectivity index (χ2v) is 6.12. The highest BCUT2D eigenvalue weighted by atomic mass is 16.2. The second-order valence-electron chi connectivity index (χ2n) is 6.12. The third kappa shape index (κ3) is 2.31. The Bertz CT molecular complexity index is 337. The van der Waals surface area contributed by atoms with Crippen LogP contribution in [0.5, 0.6) is 0 Å². The fourth-order valence-electron chi connectivity index (χ4n) is 3.54. The molecule has 1 spiro atoms. The summed E-state index contributed by atoms with van der Waals surface area (Å²) in [5.41, 5.74) is 0.220. The van der Waals surface area contributed by atoms with E-state index in [0.717, 1.165) is 6.42 Å². The van der Waals surface area contributed by atoms with E-state index in [1.165, 1.54) is 37.0 Å². The van der Waals surface area contributed by atoms with Crippen molar-refractivity contribution in [3.05, 3.63) is 0 Å². The van der Waals surface area contributed by atoms with Crippen molar-refractivity contribution >= 4 is 5.91 Å². The Labute approximate surface area is 104 Å². The largest absolute Gasteiger partial charge is 0.274 e. The molecule has 1 aliphatic heterocycles. The van der Waals surface area contributed by atoms with Crippen molar-refractivity contribution in [1.82, 2.24) is 4.90 Å². The molecule has 0 radical (unpaired) electrons. The summed E-state index contributed by atoms with van der Waals surface area (Å²) in [6.07, 6.45) is 9.91. The third-order valence-electron chi connectivity index (χ3n) is 4.56. The summed E-state index contributed by atoms with van der Waals surface area (Å²) in [7, 11) is 0. The van der Waals surface area contributed by atoms with Gasteiger partial charge in [0.2, 0.25) is 5.91 Å². The van der Waals surface area contributed by atoms with E-state index in [4.69, 9.17) is 5.26 Å². The smallest absolute Gasteiger partial charge is 0.236 e. The van der Waals surface area contributed by atoms with E-state index in [0.29, 0.717) is 12.3 Å². The van der Waals surface area contributed by atoms with E-state index in [1.807, 2.05) is 0 Å². The lowest BCUT2D eigenvalue weighted by Gasteiger charge is -2.46. The molecule has 17 heavy (non-hydrogen) atoms. The first-order valence-corrected chi connectivity index (χ1v) is 6.80. The van der Waals surface area contributed by atoms with Crippen LogP contribution in [0.15, 0.2) is 0 Å². The molecule has 2 aliphatic rings. The van der Waals surface area contributed by atoms with Crippen molar-refractivity contribution in [2.75, 3.05) is 0 Å². The predicted octanol–water partition coefficient (Wildman–Crippen LogP) is 3.06. The maximum atomic E-state index is 12.1. The molecule has 3 heteroatoms. The minimum Gasteiger partial charge on any atom is -0.274 e. The van der Waals surface area contributed by atoms with E-state index < -0.39 is 0 Å². The molecule has 2 fully saturated rings. The summed E-state index contributed by atoms with van der Waals surface area (Å²) in [6, 6.07) is 0.124. The number of nitriles is 1. The molecule has 0 aromatic heterocycles. The highest BCUT2D eigenvalue weighted by molar-refractivity contribution is 5.79. The third-order valence-corrected chi connectivity index (χ3v) is 4.56. The first kappa shape index (κ1) is 12.4. The minimum absolute atomic E-state index is 0.0550. The van der Waals surface area contributed by atoms with Gasteiger partial charge in [0.15, 0.2) is 6.19 Å². The quantitative estimate of drug-likeness (QED) is 0.654. The van der Waals surface area contributed by atoms with Crippen LogP contribution in [0.25, 0.3) is 0 Å². The summed E-state index contributed by atoms with van der Waals surface area (Å²) >= 11 is 0. The van der Waals surface area contributed by atoms with Gasteiger partial charge in [0.05, 0.1) is 6.04 Å². The van der Waals surface area contributed by atoms with Gasteiger partial charge in [-0.05, 0) is 30.6 Å². The van der Waals surface area contributed by atoms with E-state index in [9.17, 15) is 4.79 Å². The van der Waals surface area contributed by atoms with Crippen molar-refractivity contribution in [1.29, 1.82) is 5.26 Å². The lowest BCUT2D eigenvalue weighted by Crippen LogP contribution is -2.51. The average molecular weight is 234 g/mol. The van der Waals surface area contributed by atoms with Crippen LogP contribution in [0.1, 0.15) is 58.8 Å². The number of hydrogen-bond donors (Lipinski definition) is 0. The van der Waals surface area contributed by atoms with Crippen molar-refractivity contribution in [2.45, 2.75) is 64.8 Å². The highest BCUT2D eigenvalue weighted by Crippen LogP contribution is 2.47. The van der Waals surface area contributed by atoms with E-state index in [2.05, 4.69) is 20.0 Å². The average Bonchev–Trinajstić information content (AvgIpc) is 2.29. The van der Waals surface area contributed by atoms with Gasteiger partial charge in [0, 0.05) is 6.42 Å². The van der Waals surface area contributed by atoms with Crippen molar-refractivity contribution in [3.63, 3.8) is 0 Å². The van der Waals surface area contributed by atoms with E-state index >= 15 is 0 Å². The zero-order valence-electron chi connectivity index (χ0n) is 10.9. The molecule has 3 nitrogen and oxygen atoms in total. The van der Waals surface area contributed by atoms with Gasteiger partial charge in [0.1, 0.15) is 0 Å². The SMILES string of the molecule is CC(C)C1CC2(CCCCC2)CC(=O)N1C#N. The highest BCUT2D eigenvalue weighted by Gasteiger charge is 2.45. The lowest BCUT2D eigenvalue weighted by atomic mass is 9.65. The maximum Gasteiger partial charge on any atom is 0.236 e. The van der Waals surface area contributed by atoms with Crippen LogP contribution in [0.4, 0.5) is 0 Å². The fourth-order valence-corrected chi connectivity index (χ4v) is 3.54. The number of carbonyl (C=O) groups excluding carboxylic acids is 1. The Hall–Kier alpha value is -1.04. The monoisotopic (exact) mass is 234 g/mol. The lowest BCUT2D eigenvalue weighted by molar-refractivity contribution is -0.140. The number of amides is 1. The zero-order chi connectivity index (χ0) is 12.5. The van der Waals surface area contributed by atoms with Crippen LogP contribution in [0.2, 0.25) is 0 Å². The Morgan fingerprint density at radius 3 is 2.53 bits per heavy atom. The number of nitrogens with zero attached hydrogens (tertiary/aromatic N) is 2. The van der Waals surface area contributed by atoms with Gasteiger partial charge in [-0.2, -0.15) is 5.26 Å². The maximum absolute atomic E-state index is 12.1. The van der Waals surface area contributed by atoms with Crippen molar-refractivity contribution in [3.8, 4) is 6.19 Å². The number of rotatable bonds is 1. The molecule has 0 N–H and O–H groups in total. The van der Waals surface area contributed by atoms with E-state index in [-0.39, 0.29) is 17.4 Å². The molecule has 1 saturated heterocycles. The Morgan fingerprint density at radius 2 is 2.00 bits per heavy atom. The summed E-state index contributed by atoms with van der Waals surface area (Å²) < 4.78 is 0. The van der Waals surface area contributed by atoms with Gasteiger partial charge in [-0.15, -0.1) is 0 Å². The van der Waals surface area contributed by atoms with Crippen LogP contribution in [0, 0.1) is 22.8 Å². The molecule has 94 valence electrons. The van der Waals surface area contributed by atoms with Crippen LogP contribution < -0.4 is 0 Å². The van der Waals surface area contributed by atoms with Crippen molar-refractivity contribution in [2.24, 2.45) is 11.3 Å². The molecule has 1 aliphatic carbocycles. The number of carbonyl (C=O) groups is 1. The van der Waals surface area contributed by atoms with Crippen molar-refractivity contribution < 1.29 is 4.79 Å². The number of hydrogen-bond acceptors (Lipinski definition) is 2. The van der Waals surface area contributed by atoms with Crippen LogP contribution in [0.3, 0.4) is 0 Å². The number of likely N-dealkylation sites (tertiary alicyclic amines) is 1. The Kier molecular flexibility index (Phi) is 3.42. The molecule has 1 amide bonds. The first-order valence-electron chi connectivity index (χ1n) is 6.80. The fraction of sp³-hybridized carbons (Fsp3) is 0.857. The van der Waals surface area contributed by atoms with Gasteiger partial charge >= 0.3 is 0 Å². The second kappa shape index (κ2) is 4.68. The van der Waals surface area contributed by atoms with Gasteiger partial charge in [-0.1, -0.05) is 33.1 Å². The summed E-state index contributed by atoms with van der Waals surface area (Å²) in [5, 5.41) is 9.12. The summed E-state index contributed by atoms with van der Waals surface area (Å²) in [6.45, 7) is 4.23. The van der Waals surface area contributed by atoms with Crippen LogP contribution in [-0.2, 0) is 4.79 Å². The Morgan fingerprint density at radius 1 is 1.35 bits per heavy atom. The molecule has 1 saturated carbocycles. The molecule has 0 aromatic rings.